The van der Waals surface area contributed by atoms with Gasteiger partial charge in [-0.1, -0.05) is 44.2 Å². The van der Waals surface area contributed by atoms with E-state index in [0.29, 0.717) is 18.0 Å². The summed E-state index contributed by atoms with van der Waals surface area (Å²) >= 11 is 0. The summed E-state index contributed by atoms with van der Waals surface area (Å²) in [6.45, 7) is 7.77. The van der Waals surface area contributed by atoms with Crippen LogP contribution in [0.3, 0.4) is 0 Å². The molecule has 176 valence electrons. The molecule has 0 unspecified atom stereocenters. The van der Waals surface area contributed by atoms with E-state index in [4.69, 9.17) is 4.74 Å². The van der Waals surface area contributed by atoms with Crippen molar-refractivity contribution < 1.29 is 18.7 Å². The lowest BCUT2D eigenvalue weighted by atomic mass is 10.1. The first kappa shape index (κ1) is 24.5. The number of ether oxygens (including phenoxy) is 1. The lowest BCUT2D eigenvalue weighted by Crippen LogP contribution is -2.44. The number of para-hydroxylation sites is 2. The number of nitrogens with one attached hydrogen (secondary N) is 1. The maximum Gasteiger partial charge on any atom is 0.294 e. The molecule has 0 fully saturated rings. The lowest BCUT2D eigenvalue weighted by Gasteiger charge is -2.30. The zero-order valence-corrected chi connectivity index (χ0v) is 19.4. The molecule has 0 saturated carbocycles. The standard InChI is InChI=1S/C26H32FN3O3/c1-3-15-29(16-4-2)17-9-14-28-25(31)19-30-22-12-7-8-13-23(22)33-24(26(30)32)18-20-10-5-6-11-21(20)27/h5-8,10-13,18H,3-4,9,14-17,19H2,1-2H3,(H,28,31). The Morgan fingerprint density at radius 2 is 1.76 bits per heavy atom. The first-order chi connectivity index (χ1) is 16.0. The first-order valence-corrected chi connectivity index (χ1v) is 11.6. The van der Waals surface area contributed by atoms with E-state index >= 15 is 0 Å². The predicted molar refractivity (Wildman–Crippen MR) is 128 cm³/mol. The molecule has 3 rings (SSSR count). The fraction of sp³-hybridized carbons (Fsp3) is 0.385. The second kappa shape index (κ2) is 12.2. The molecule has 0 radical (unpaired) electrons. The van der Waals surface area contributed by atoms with Crippen LogP contribution in [0.2, 0.25) is 0 Å². The summed E-state index contributed by atoms with van der Waals surface area (Å²) in [5.74, 6) is -0.764. The van der Waals surface area contributed by atoms with Gasteiger partial charge in [-0.2, -0.15) is 0 Å². The molecule has 2 aromatic carbocycles. The zero-order valence-electron chi connectivity index (χ0n) is 19.4. The van der Waals surface area contributed by atoms with Gasteiger partial charge in [0.25, 0.3) is 5.91 Å². The Morgan fingerprint density at radius 1 is 1.06 bits per heavy atom. The van der Waals surface area contributed by atoms with Gasteiger partial charge >= 0.3 is 0 Å². The van der Waals surface area contributed by atoms with Gasteiger partial charge in [0.2, 0.25) is 5.91 Å². The minimum absolute atomic E-state index is 0.0265. The lowest BCUT2D eigenvalue weighted by molar-refractivity contribution is -0.123. The minimum atomic E-state index is -0.482. The number of halogens is 1. The molecule has 2 amide bonds. The Kier molecular flexibility index (Phi) is 9.01. The summed E-state index contributed by atoms with van der Waals surface area (Å²) in [6, 6.07) is 13.2. The monoisotopic (exact) mass is 453 g/mol. The average Bonchev–Trinajstić information content (AvgIpc) is 2.81. The number of hydrogen-bond acceptors (Lipinski definition) is 4. The number of carbonyl (C=O) groups excluding carboxylic acids is 2. The molecule has 0 spiro atoms. The van der Waals surface area contributed by atoms with Gasteiger partial charge in [0.05, 0.1) is 5.69 Å². The Hall–Kier alpha value is -3.19. The van der Waals surface area contributed by atoms with Crippen LogP contribution in [0.1, 0.15) is 38.7 Å². The Bertz CT molecular complexity index is 986. The molecular formula is C26H32FN3O3. The second-order valence-electron chi connectivity index (χ2n) is 8.04. The molecule has 0 aromatic heterocycles. The average molecular weight is 454 g/mol. The highest BCUT2D eigenvalue weighted by atomic mass is 19.1. The largest absolute Gasteiger partial charge is 0.449 e. The topological polar surface area (TPSA) is 61.9 Å². The third kappa shape index (κ3) is 6.65. The highest BCUT2D eigenvalue weighted by molar-refractivity contribution is 6.12. The van der Waals surface area contributed by atoms with Crippen molar-refractivity contribution in [3.63, 3.8) is 0 Å². The van der Waals surface area contributed by atoms with E-state index in [1.807, 2.05) is 0 Å². The van der Waals surface area contributed by atoms with Gasteiger partial charge in [0.1, 0.15) is 12.4 Å². The number of amides is 2. The Labute approximate surface area is 195 Å². The van der Waals surface area contributed by atoms with Gasteiger partial charge < -0.3 is 15.0 Å². The zero-order chi connectivity index (χ0) is 23.6. The first-order valence-electron chi connectivity index (χ1n) is 11.6. The summed E-state index contributed by atoms with van der Waals surface area (Å²) in [5, 5.41) is 2.91. The van der Waals surface area contributed by atoms with Crippen molar-refractivity contribution in [3.05, 3.63) is 65.7 Å². The fourth-order valence-corrected chi connectivity index (χ4v) is 3.85. The molecule has 1 N–H and O–H groups in total. The van der Waals surface area contributed by atoms with Crippen molar-refractivity contribution >= 4 is 23.6 Å². The van der Waals surface area contributed by atoms with E-state index in [0.717, 1.165) is 38.9 Å². The summed E-state index contributed by atoms with van der Waals surface area (Å²) in [4.78, 5) is 29.5. The highest BCUT2D eigenvalue weighted by Gasteiger charge is 2.31. The maximum absolute atomic E-state index is 14.1. The van der Waals surface area contributed by atoms with Gasteiger partial charge in [-0.25, -0.2) is 4.39 Å². The van der Waals surface area contributed by atoms with Crippen LogP contribution in [0.25, 0.3) is 6.08 Å². The molecule has 0 bridgehead atoms. The van der Waals surface area contributed by atoms with E-state index in [1.165, 1.54) is 17.0 Å². The van der Waals surface area contributed by atoms with E-state index in [2.05, 4.69) is 24.1 Å². The van der Waals surface area contributed by atoms with Crippen LogP contribution >= 0.6 is 0 Å². The molecular weight excluding hydrogens is 421 g/mol. The predicted octanol–water partition coefficient (Wildman–Crippen LogP) is 4.22. The van der Waals surface area contributed by atoms with Crippen LogP contribution in [0.4, 0.5) is 10.1 Å². The molecule has 7 heteroatoms. The van der Waals surface area contributed by atoms with Crippen molar-refractivity contribution in [1.82, 2.24) is 10.2 Å². The Balaban J connectivity index is 1.66. The molecule has 33 heavy (non-hydrogen) atoms. The SMILES string of the molecule is CCCN(CCC)CCCNC(=O)CN1C(=O)C(=Cc2ccccc2F)Oc2ccccc21. The Morgan fingerprint density at radius 3 is 2.48 bits per heavy atom. The molecule has 0 aliphatic carbocycles. The number of hydrogen-bond donors (Lipinski definition) is 1. The van der Waals surface area contributed by atoms with E-state index < -0.39 is 11.7 Å². The second-order valence-corrected chi connectivity index (χ2v) is 8.04. The summed E-state index contributed by atoms with van der Waals surface area (Å²) < 4.78 is 19.9. The number of anilines is 1. The van der Waals surface area contributed by atoms with Gasteiger partial charge in [-0.3, -0.25) is 14.5 Å². The molecule has 1 aliphatic rings. The van der Waals surface area contributed by atoms with Gasteiger partial charge in [-0.15, -0.1) is 0 Å². The van der Waals surface area contributed by atoms with E-state index in [1.54, 1.807) is 42.5 Å². The maximum atomic E-state index is 14.1. The van der Waals surface area contributed by atoms with Gasteiger partial charge in [-0.05, 0) is 63.2 Å². The fourth-order valence-electron chi connectivity index (χ4n) is 3.85. The summed E-state index contributed by atoms with van der Waals surface area (Å²) in [5.41, 5.74) is 0.758. The van der Waals surface area contributed by atoms with Crippen LogP contribution in [0.5, 0.6) is 5.75 Å². The van der Waals surface area contributed by atoms with E-state index in [-0.39, 0.29) is 23.8 Å². The number of rotatable bonds is 11. The third-order valence-corrected chi connectivity index (χ3v) is 5.38. The van der Waals surface area contributed by atoms with Crippen LogP contribution in [0, 0.1) is 5.82 Å². The minimum Gasteiger partial charge on any atom is -0.449 e. The van der Waals surface area contributed by atoms with Crippen LogP contribution in [0.15, 0.2) is 54.3 Å². The number of benzene rings is 2. The third-order valence-electron chi connectivity index (χ3n) is 5.38. The van der Waals surface area contributed by atoms with Crippen LogP contribution in [-0.4, -0.2) is 49.4 Å². The van der Waals surface area contributed by atoms with Crippen LogP contribution < -0.4 is 15.0 Å². The number of carbonyl (C=O) groups is 2. The molecule has 0 saturated heterocycles. The van der Waals surface area contributed by atoms with Crippen LogP contribution in [-0.2, 0) is 9.59 Å². The molecule has 1 heterocycles. The molecule has 2 aromatic rings. The van der Waals surface area contributed by atoms with E-state index in [9.17, 15) is 14.0 Å². The van der Waals surface area contributed by atoms with Crippen molar-refractivity contribution in [1.29, 1.82) is 0 Å². The van der Waals surface area contributed by atoms with Crippen molar-refractivity contribution in [2.24, 2.45) is 0 Å². The number of fused-ring (bicyclic) bond motifs is 1. The van der Waals surface area contributed by atoms with Crippen molar-refractivity contribution in [2.75, 3.05) is 37.6 Å². The van der Waals surface area contributed by atoms with Gasteiger partial charge in [0.15, 0.2) is 11.5 Å². The summed E-state index contributed by atoms with van der Waals surface area (Å²) in [6.07, 6.45) is 4.42. The normalized spacial score (nSPS) is 14.4. The van der Waals surface area contributed by atoms with Gasteiger partial charge in [0, 0.05) is 12.1 Å². The molecule has 0 atom stereocenters. The molecule has 1 aliphatic heterocycles. The van der Waals surface area contributed by atoms with Crippen molar-refractivity contribution in [2.45, 2.75) is 33.1 Å². The van der Waals surface area contributed by atoms with Crippen molar-refractivity contribution in [3.8, 4) is 5.75 Å². The smallest absolute Gasteiger partial charge is 0.294 e. The molecule has 6 nitrogen and oxygen atoms in total. The summed E-state index contributed by atoms with van der Waals surface area (Å²) in [7, 11) is 0. The number of nitrogens with zero attached hydrogens (tertiary/aromatic N) is 2. The quantitative estimate of drug-likeness (QED) is 0.409. The highest BCUT2D eigenvalue weighted by Crippen LogP contribution is 2.35.